The van der Waals surface area contributed by atoms with Crippen LogP contribution < -0.4 is 10.6 Å². The van der Waals surface area contributed by atoms with Crippen LogP contribution in [0.25, 0.3) is 0 Å². The minimum absolute atomic E-state index is 0. The fourth-order valence-corrected chi connectivity index (χ4v) is 2.38. The Bertz CT molecular complexity index is 713. The highest BCUT2D eigenvalue weighted by Gasteiger charge is 2.12. The van der Waals surface area contributed by atoms with Crippen molar-refractivity contribution in [2.45, 2.75) is 19.4 Å². The Labute approximate surface area is 169 Å². The van der Waals surface area contributed by atoms with Gasteiger partial charge >= 0.3 is 0 Å². The molecule has 0 bridgehead atoms. The third-order valence-corrected chi connectivity index (χ3v) is 3.68. The average molecular weight is 475 g/mol. The maximum absolute atomic E-state index is 13.7. The van der Waals surface area contributed by atoms with Crippen molar-refractivity contribution in [3.63, 3.8) is 0 Å². The van der Waals surface area contributed by atoms with Crippen molar-refractivity contribution in [2.24, 2.45) is 4.99 Å². The van der Waals surface area contributed by atoms with E-state index in [1.807, 2.05) is 6.92 Å². The summed E-state index contributed by atoms with van der Waals surface area (Å²) in [6.45, 7) is 3.07. The second kappa shape index (κ2) is 11.8. The molecule has 7 heteroatoms. The number of nitrogens with zero attached hydrogens (tertiary/aromatic N) is 1. The smallest absolute Gasteiger partial charge is 0.191 e. The first kappa shape index (κ1) is 22.3. The van der Waals surface area contributed by atoms with Crippen LogP contribution in [0.1, 0.15) is 24.2 Å². The molecule has 0 aliphatic heterocycles. The first-order valence-electron chi connectivity index (χ1n) is 8.30. The predicted octanol–water partition coefficient (Wildman–Crippen LogP) is 3.41. The number of benzene rings is 2. The number of halogens is 3. The number of hydrogen-bond acceptors (Lipinski definition) is 2. The molecule has 2 aromatic rings. The molecule has 4 nitrogen and oxygen atoms in total. The lowest BCUT2D eigenvalue weighted by atomic mass is 10.1. The zero-order valence-electron chi connectivity index (χ0n) is 14.6. The van der Waals surface area contributed by atoms with E-state index in [9.17, 15) is 13.9 Å². The van der Waals surface area contributed by atoms with E-state index in [-0.39, 0.29) is 41.9 Å². The van der Waals surface area contributed by atoms with Crippen LogP contribution in [0.3, 0.4) is 0 Å². The Kier molecular flexibility index (Phi) is 10.1. The van der Waals surface area contributed by atoms with Crippen molar-refractivity contribution in [3.05, 3.63) is 71.3 Å². The van der Waals surface area contributed by atoms with Crippen LogP contribution >= 0.6 is 24.0 Å². The summed E-state index contributed by atoms with van der Waals surface area (Å²) in [5.74, 6) is -0.196. The molecule has 0 radical (unpaired) electrons. The van der Waals surface area contributed by atoms with Crippen molar-refractivity contribution in [2.75, 3.05) is 19.6 Å². The Morgan fingerprint density at radius 3 is 2.35 bits per heavy atom. The summed E-state index contributed by atoms with van der Waals surface area (Å²) in [5.41, 5.74) is 0.839. The minimum atomic E-state index is -1.02. The molecule has 142 valence electrons. The van der Waals surface area contributed by atoms with Gasteiger partial charge in [0.25, 0.3) is 0 Å². The van der Waals surface area contributed by atoms with Gasteiger partial charge in [0.05, 0.1) is 6.54 Å². The molecule has 0 aliphatic carbocycles. The number of aliphatic hydroxyl groups excluding tert-OH is 1. The summed E-state index contributed by atoms with van der Waals surface area (Å²) in [5, 5.41) is 16.2. The van der Waals surface area contributed by atoms with Crippen LogP contribution in [-0.2, 0) is 6.42 Å². The van der Waals surface area contributed by atoms with E-state index in [0.29, 0.717) is 31.0 Å². The molecule has 1 atom stereocenters. The van der Waals surface area contributed by atoms with E-state index in [0.717, 1.165) is 0 Å². The third kappa shape index (κ3) is 6.87. The summed E-state index contributed by atoms with van der Waals surface area (Å²) in [6, 6.07) is 12.7. The Morgan fingerprint density at radius 2 is 1.69 bits per heavy atom. The van der Waals surface area contributed by atoms with Crippen LogP contribution in [0.15, 0.2) is 53.5 Å². The van der Waals surface area contributed by atoms with Gasteiger partial charge in [-0.1, -0.05) is 36.4 Å². The highest BCUT2D eigenvalue weighted by atomic mass is 127. The summed E-state index contributed by atoms with van der Waals surface area (Å²) in [7, 11) is 0. The molecule has 0 spiro atoms. The molecular weight excluding hydrogens is 451 g/mol. The van der Waals surface area contributed by atoms with Crippen molar-refractivity contribution in [1.29, 1.82) is 0 Å². The van der Waals surface area contributed by atoms with E-state index in [1.54, 1.807) is 30.3 Å². The fourth-order valence-electron chi connectivity index (χ4n) is 2.38. The van der Waals surface area contributed by atoms with Gasteiger partial charge in [-0.05, 0) is 31.0 Å². The lowest BCUT2D eigenvalue weighted by Gasteiger charge is -2.14. The van der Waals surface area contributed by atoms with Crippen molar-refractivity contribution >= 4 is 29.9 Å². The molecule has 0 heterocycles. The molecule has 0 saturated heterocycles. The monoisotopic (exact) mass is 475 g/mol. The summed E-state index contributed by atoms with van der Waals surface area (Å²) < 4.78 is 27.3. The van der Waals surface area contributed by atoms with Gasteiger partial charge in [-0.3, -0.25) is 4.99 Å². The Morgan fingerprint density at radius 1 is 1.04 bits per heavy atom. The number of guanidine groups is 1. The van der Waals surface area contributed by atoms with Gasteiger partial charge in [0.15, 0.2) is 5.96 Å². The molecule has 26 heavy (non-hydrogen) atoms. The van der Waals surface area contributed by atoms with Gasteiger partial charge in [-0.25, -0.2) is 8.78 Å². The standard InChI is InChI=1S/C19H23F2N3O.HI/c1-2-22-19(23-12-11-14-7-3-5-9-16(14)20)24-13-18(25)15-8-4-6-10-17(15)21;/h3-10,18,25H,2,11-13H2,1H3,(H2,22,23,24);1H. The molecule has 0 fully saturated rings. The highest BCUT2D eigenvalue weighted by Crippen LogP contribution is 2.16. The summed E-state index contributed by atoms with van der Waals surface area (Å²) in [6.07, 6.45) is -0.518. The fraction of sp³-hybridized carbons (Fsp3) is 0.316. The molecule has 2 aromatic carbocycles. The van der Waals surface area contributed by atoms with Gasteiger partial charge in [-0.2, -0.15) is 0 Å². The predicted molar refractivity (Wildman–Crippen MR) is 111 cm³/mol. The van der Waals surface area contributed by atoms with Gasteiger partial charge in [0.2, 0.25) is 0 Å². The first-order chi connectivity index (χ1) is 12.1. The SMILES string of the molecule is CCNC(=NCC(O)c1ccccc1F)NCCc1ccccc1F.I. The maximum atomic E-state index is 13.7. The number of hydrogen-bond donors (Lipinski definition) is 3. The summed E-state index contributed by atoms with van der Waals surface area (Å²) >= 11 is 0. The zero-order valence-corrected chi connectivity index (χ0v) is 16.9. The molecule has 1 unspecified atom stereocenters. The van der Waals surface area contributed by atoms with Crippen LogP contribution in [-0.4, -0.2) is 30.7 Å². The maximum Gasteiger partial charge on any atom is 0.191 e. The van der Waals surface area contributed by atoms with E-state index < -0.39 is 11.9 Å². The Hall–Kier alpha value is -1.74. The third-order valence-electron chi connectivity index (χ3n) is 3.68. The van der Waals surface area contributed by atoms with Crippen molar-refractivity contribution in [3.8, 4) is 0 Å². The normalized spacial score (nSPS) is 12.2. The summed E-state index contributed by atoms with van der Waals surface area (Å²) in [4.78, 5) is 4.27. The van der Waals surface area contributed by atoms with Gasteiger partial charge in [0.1, 0.15) is 17.7 Å². The van der Waals surface area contributed by atoms with E-state index in [2.05, 4.69) is 15.6 Å². The van der Waals surface area contributed by atoms with E-state index >= 15 is 0 Å². The number of aliphatic imine (C=N–C) groups is 1. The van der Waals surface area contributed by atoms with Gasteiger partial charge in [0, 0.05) is 18.7 Å². The van der Waals surface area contributed by atoms with E-state index in [4.69, 9.17) is 0 Å². The van der Waals surface area contributed by atoms with Crippen LogP contribution in [0.5, 0.6) is 0 Å². The second-order valence-electron chi connectivity index (χ2n) is 5.53. The second-order valence-corrected chi connectivity index (χ2v) is 5.53. The molecule has 0 aromatic heterocycles. The largest absolute Gasteiger partial charge is 0.386 e. The molecule has 0 amide bonds. The zero-order chi connectivity index (χ0) is 18.1. The van der Waals surface area contributed by atoms with Crippen LogP contribution in [0, 0.1) is 11.6 Å². The minimum Gasteiger partial charge on any atom is -0.386 e. The number of rotatable bonds is 7. The number of aliphatic hydroxyl groups is 1. The molecule has 0 saturated carbocycles. The van der Waals surface area contributed by atoms with E-state index in [1.165, 1.54) is 18.2 Å². The average Bonchev–Trinajstić information content (AvgIpc) is 2.61. The van der Waals surface area contributed by atoms with Crippen LogP contribution in [0.2, 0.25) is 0 Å². The van der Waals surface area contributed by atoms with Crippen LogP contribution in [0.4, 0.5) is 8.78 Å². The topological polar surface area (TPSA) is 56.7 Å². The van der Waals surface area contributed by atoms with Gasteiger partial charge < -0.3 is 15.7 Å². The lowest BCUT2D eigenvalue weighted by Crippen LogP contribution is -2.38. The first-order valence-corrected chi connectivity index (χ1v) is 8.30. The molecular formula is C19H24F2IN3O. The van der Waals surface area contributed by atoms with Gasteiger partial charge in [-0.15, -0.1) is 24.0 Å². The lowest BCUT2D eigenvalue weighted by molar-refractivity contribution is 0.182. The van der Waals surface area contributed by atoms with Crippen molar-refractivity contribution in [1.82, 2.24) is 10.6 Å². The molecule has 0 aliphatic rings. The molecule has 2 rings (SSSR count). The number of nitrogens with one attached hydrogen (secondary N) is 2. The highest BCUT2D eigenvalue weighted by molar-refractivity contribution is 14.0. The van der Waals surface area contributed by atoms with Crippen molar-refractivity contribution < 1.29 is 13.9 Å². The Balaban J connectivity index is 0.00000338. The molecule has 3 N–H and O–H groups in total. The quantitative estimate of drug-likeness (QED) is 0.327.